The molecule has 3 aliphatic rings. The van der Waals surface area contributed by atoms with Gasteiger partial charge in [0.15, 0.2) is 0 Å². The first-order valence-corrected chi connectivity index (χ1v) is 5.88. The highest BCUT2D eigenvalue weighted by atomic mass is 16.5. The van der Waals surface area contributed by atoms with Gasteiger partial charge in [0.1, 0.15) is 0 Å². The summed E-state index contributed by atoms with van der Waals surface area (Å²) in [4.78, 5) is 11.5. The van der Waals surface area contributed by atoms with Crippen molar-refractivity contribution in [2.45, 2.75) is 31.8 Å². The SMILES string of the molecule is COC(=O)C1=CCC2=C(C1)[C@H]1C[C@@H]2C[C@@H]1O. The quantitative estimate of drug-likeness (QED) is 0.539. The van der Waals surface area contributed by atoms with E-state index in [1.807, 2.05) is 6.08 Å². The summed E-state index contributed by atoms with van der Waals surface area (Å²) in [6.45, 7) is 0. The van der Waals surface area contributed by atoms with Crippen LogP contribution >= 0.6 is 0 Å². The third kappa shape index (κ3) is 1.27. The van der Waals surface area contributed by atoms with E-state index in [2.05, 4.69) is 0 Å². The lowest BCUT2D eigenvalue weighted by atomic mass is 9.81. The number of carbonyl (C=O) groups is 1. The number of allylic oxidation sites excluding steroid dienone is 2. The van der Waals surface area contributed by atoms with Gasteiger partial charge in [-0.2, -0.15) is 0 Å². The van der Waals surface area contributed by atoms with E-state index in [4.69, 9.17) is 4.74 Å². The zero-order valence-corrected chi connectivity index (χ0v) is 9.40. The van der Waals surface area contributed by atoms with E-state index in [-0.39, 0.29) is 12.1 Å². The molecule has 0 aromatic rings. The van der Waals surface area contributed by atoms with Crippen LogP contribution in [0.3, 0.4) is 0 Å². The second kappa shape index (κ2) is 3.45. The number of aliphatic hydroxyl groups excluding tert-OH is 1. The van der Waals surface area contributed by atoms with E-state index >= 15 is 0 Å². The van der Waals surface area contributed by atoms with Gasteiger partial charge < -0.3 is 9.84 Å². The lowest BCUT2D eigenvalue weighted by molar-refractivity contribution is -0.136. The first-order chi connectivity index (χ1) is 7.70. The van der Waals surface area contributed by atoms with E-state index in [9.17, 15) is 9.90 Å². The number of hydrogen-bond acceptors (Lipinski definition) is 3. The molecule has 0 aromatic carbocycles. The molecule has 1 N–H and O–H groups in total. The number of methoxy groups -OCH3 is 1. The Morgan fingerprint density at radius 1 is 1.44 bits per heavy atom. The van der Waals surface area contributed by atoms with Crippen LogP contribution in [0, 0.1) is 11.8 Å². The zero-order chi connectivity index (χ0) is 11.3. The summed E-state index contributed by atoms with van der Waals surface area (Å²) in [5.74, 6) is 0.669. The number of fused-ring (bicyclic) bond motifs is 4. The first-order valence-electron chi connectivity index (χ1n) is 5.88. The Labute approximate surface area is 94.8 Å². The number of aliphatic hydroxyl groups is 1. The van der Waals surface area contributed by atoms with Crippen molar-refractivity contribution < 1.29 is 14.6 Å². The molecule has 0 radical (unpaired) electrons. The van der Waals surface area contributed by atoms with Crippen molar-refractivity contribution in [1.82, 2.24) is 0 Å². The first kappa shape index (κ1) is 10.1. The largest absolute Gasteiger partial charge is 0.466 e. The van der Waals surface area contributed by atoms with Crippen LogP contribution in [0.2, 0.25) is 0 Å². The minimum Gasteiger partial charge on any atom is -0.466 e. The molecule has 0 spiro atoms. The maximum absolute atomic E-state index is 11.5. The smallest absolute Gasteiger partial charge is 0.333 e. The average molecular weight is 220 g/mol. The van der Waals surface area contributed by atoms with Crippen molar-refractivity contribution in [2.75, 3.05) is 7.11 Å². The Balaban J connectivity index is 1.84. The molecule has 2 bridgehead atoms. The molecule has 3 aliphatic carbocycles. The van der Waals surface area contributed by atoms with Gasteiger partial charge in [-0.15, -0.1) is 0 Å². The highest BCUT2D eigenvalue weighted by molar-refractivity contribution is 5.89. The van der Waals surface area contributed by atoms with Crippen LogP contribution in [0.15, 0.2) is 22.8 Å². The molecule has 0 unspecified atom stereocenters. The standard InChI is InChI=1S/C13H16O3/c1-16-13(15)7-2-3-9-8-5-11(10(9)4-7)12(14)6-8/h2,8,11-12,14H,3-6H2,1H3/t8-,11-,12+/m1/s1. The fourth-order valence-corrected chi connectivity index (χ4v) is 3.51. The molecule has 3 nitrogen and oxygen atoms in total. The molecule has 0 saturated heterocycles. The van der Waals surface area contributed by atoms with Crippen LogP contribution in [0.25, 0.3) is 0 Å². The Morgan fingerprint density at radius 2 is 2.25 bits per heavy atom. The second-order valence-electron chi connectivity index (χ2n) is 4.99. The van der Waals surface area contributed by atoms with Crippen LogP contribution in [0.5, 0.6) is 0 Å². The normalized spacial score (nSPS) is 36.1. The van der Waals surface area contributed by atoms with E-state index in [0.717, 1.165) is 24.8 Å². The fourth-order valence-electron chi connectivity index (χ4n) is 3.51. The van der Waals surface area contributed by atoms with Gasteiger partial charge >= 0.3 is 5.97 Å². The number of ether oxygens (including phenoxy) is 1. The lowest BCUT2D eigenvalue weighted by Crippen LogP contribution is -2.22. The zero-order valence-electron chi connectivity index (χ0n) is 9.40. The van der Waals surface area contributed by atoms with Gasteiger partial charge in [-0.05, 0) is 25.2 Å². The molecule has 3 heteroatoms. The summed E-state index contributed by atoms with van der Waals surface area (Å²) in [5.41, 5.74) is 3.58. The monoisotopic (exact) mass is 220 g/mol. The number of hydrogen-bond donors (Lipinski definition) is 1. The molecule has 16 heavy (non-hydrogen) atoms. The molecule has 86 valence electrons. The number of rotatable bonds is 1. The van der Waals surface area contributed by atoms with Gasteiger partial charge in [0.05, 0.1) is 13.2 Å². The van der Waals surface area contributed by atoms with E-state index in [0.29, 0.717) is 18.3 Å². The molecular weight excluding hydrogens is 204 g/mol. The molecule has 1 saturated carbocycles. The molecule has 0 aromatic heterocycles. The Hall–Kier alpha value is -1.09. The predicted octanol–water partition coefficient (Wildman–Crippen LogP) is 1.58. The lowest BCUT2D eigenvalue weighted by Gasteiger charge is -2.26. The minimum absolute atomic E-state index is 0.180. The van der Waals surface area contributed by atoms with Gasteiger partial charge in [0.25, 0.3) is 0 Å². The number of esters is 1. The molecule has 3 rings (SSSR count). The van der Waals surface area contributed by atoms with Crippen molar-refractivity contribution in [2.24, 2.45) is 11.8 Å². The van der Waals surface area contributed by atoms with Crippen molar-refractivity contribution >= 4 is 5.97 Å². The molecular formula is C13H16O3. The van der Waals surface area contributed by atoms with Gasteiger partial charge in [-0.3, -0.25) is 0 Å². The molecule has 1 fully saturated rings. The van der Waals surface area contributed by atoms with Gasteiger partial charge in [-0.1, -0.05) is 17.2 Å². The topological polar surface area (TPSA) is 46.5 Å². The average Bonchev–Trinajstić information content (AvgIpc) is 2.84. The van der Waals surface area contributed by atoms with E-state index < -0.39 is 0 Å². The second-order valence-corrected chi connectivity index (χ2v) is 4.99. The molecule has 0 aliphatic heterocycles. The van der Waals surface area contributed by atoms with Crippen molar-refractivity contribution in [1.29, 1.82) is 0 Å². The summed E-state index contributed by atoms with van der Waals surface area (Å²) in [6.07, 6.45) is 5.41. The summed E-state index contributed by atoms with van der Waals surface area (Å²) in [7, 11) is 1.42. The summed E-state index contributed by atoms with van der Waals surface area (Å²) >= 11 is 0. The maximum atomic E-state index is 11.5. The number of carbonyl (C=O) groups excluding carboxylic acids is 1. The van der Waals surface area contributed by atoms with E-state index in [1.54, 1.807) is 0 Å². The fraction of sp³-hybridized carbons (Fsp3) is 0.615. The van der Waals surface area contributed by atoms with Crippen LogP contribution in [0.4, 0.5) is 0 Å². The van der Waals surface area contributed by atoms with Crippen LogP contribution in [-0.2, 0) is 9.53 Å². The van der Waals surface area contributed by atoms with Gasteiger partial charge in [0.2, 0.25) is 0 Å². The third-order valence-electron chi connectivity index (χ3n) is 4.28. The van der Waals surface area contributed by atoms with Gasteiger partial charge in [-0.25, -0.2) is 4.79 Å². The van der Waals surface area contributed by atoms with Gasteiger partial charge in [0, 0.05) is 17.9 Å². The van der Waals surface area contributed by atoms with E-state index in [1.165, 1.54) is 18.3 Å². The van der Waals surface area contributed by atoms with Crippen molar-refractivity contribution in [3.8, 4) is 0 Å². The minimum atomic E-state index is -0.219. The van der Waals surface area contributed by atoms with Crippen LogP contribution in [0.1, 0.15) is 25.7 Å². The van der Waals surface area contributed by atoms with Crippen LogP contribution in [-0.4, -0.2) is 24.3 Å². The van der Waals surface area contributed by atoms with Crippen molar-refractivity contribution in [3.05, 3.63) is 22.8 Å². The Kier molecular flexibility index (Phi) is 2.18. The Bertz CT molecular complexity index is 405. The summed E-state index contributed by atoms with van der Waals surface area (Å²) < 4.78 is 4.75. The summed E-state index contributed by atoms with van der Waals surface area (Å²) in [5, 5.41) is 9.87. The third-order valence-corrected chi connectivity index (χ3v) is 4.28. The molecule has 0 heterocycles. The highest BCUT2D eigenvalue weighted by Gasteiger charge is 2.45. The Morgan fingerprint density at radius 3 is 3.00 bits per heavy atom. The predicted molar refractivity (Wildman–Crippen MR) is 58.6 cm³/mol. The highest BCUT2D eigenvalue weighted by Crippen LogP contribution is 2.53. The molecule has 0 amide bonds. The summed E-state index contributed by atoms with van der Waals surface area (Å²) in [6, 6.07) is 0. The molecule has 3 atom stereocenters. The van der Waals surface area contributed by atoms with Crippen molar-refractivity contribution in [3.63, 3.8) is 0 Å². The van der Waals surface area contributed by atoms with Crippen LogP contribution < -0.4 is 0 Å². The maximum Gasteiger partial charge on any atom is 0.333 e.